The molecule has 15 heavy (non-hydrogen) atoms. The second-order valence-electron chi connectivity index (χ2n) is 3.58. The molecule has 0 radical (unpaired) electrons. The molecule has 0 amide bonds. The van der Waals surface area contributed by atoms with Crippen LogP contribution in [0.1, 0.15) is 0 Å². The Morgan fingerprint density at radius 2 is 1.73 bits per heavy atom. The molecule has 0 aliphatic rings. The highest BCUT2D eigenvalue weighted by molar-refractivity contribution is 6.07. The van der Waals surface area contributed by atoms with Crippen LogP contribution in [0, 0.1) is 0 Å². The van der Waals surface area contributed by atoms with Gasteiger partial charge in [-0.05, 0) is 18.2 Å². The van der Waals surface area contributed by atoms with Gasteiger partial charge in [-0.1, -0.05) is 24.3 Å². The third-order valence-electron chi connectivity index (χ3n) is 2.67. The van der Waals surface area contributed by atoms with Crippen molar-refractivity contribution < 1.29 is 0 Å². The van der Waals surface area contributed by atoms with Crippen LogP contribution in [-0.4, -0.2) is 4.98 Å². The lowest BCUT2D eigenvalue weighted by Gasteiger charge is -1.98. The molecular weight excluding hydrogens is 186 g/mol. The molecule has 3 rings (SSSR count). The number of benzene rings is 2. The lowest BCUT2D eigenvalue weighted by molar-refractivity contribution is 1.36. The number of H-pyrrole nitrogens is 1. The smallest absolute Gasteiger partial charge is 0.0506 e. The highest BCUT2D eigenvalue weighted by atomic mass is 15.2. The monoisotopic (exact) mass is 197 g/mol. The molecule has 0 atom stereocenters. The quantitative estimate of drug-likeness (QED) is 0.415. The summed E-state index contributed by atoms with van der Waals surface area (Å²) in [6.07, 6.45) is 0. The normalized spacial score (nSPS) is 11.0. The molecule has 1 aromatic heterocycles. The number of para-hydroxylation sites is 1. The molecule has 74 valence electrons. The number of fused-ring (bicyclic) bond motifs is 3. The van der Waals surface area contributed by atoms with Crippen LogP contribution in [0.15, 0.2) is 42.5 Å². The van der Waals surface area contributed by atoms with Gasteiger partial charge in [0.15, 0.2) is 0 Å². The molecule has 0 aliphatic carbocycles. The molecule has 0 fully saturated rings. The molecule has 0 aliphatic heterocycles. The predicted octanol–water partition coefficient (Wildman–Crippen LogP) is 2.61. The number of nitrogens with two attached hydrogens (primary N) is 1. The maximum Gasteiger partial charge on any atom is 0.0506 e. The first-order valence-electron chi connectivity index (χ1n) is 4.85. The van der Waals surface area contributed by atoms with Crippen LogP contribution in [0.5, 0.6) is 0 Å². The zero-order valence-electron chi connectivity index (χ0n) is 8.12. The van der Waals surface area contributed by atoms with E-state index in [1.807, 2.05) is 24.3 Å². The Balaban J connectivity index is 2.43. The number of nitrogen functional groups attached to an aromatic ring is 1. The van der Waals surface area contributed by atoms with Gasteiger partial charge in [0, 0.05) is 21.8 Å². The second-order valence-corrected chi connectivity index (χ2v) is 3.58. The highest BCUT2D eigenvalue weighted by Crippen LogP contribution is 2.26. The molecule has 4 N–H and O–H groups in total. The van der Waals surface area contributed by atoms with Gasteiger partial charge in [0.1, 0.15) is 0 Å². The number of hydrogen-bond acceptors (Lipinski definition) is 2. The zero-order valence-corrected chi connectivity index (χ0v) is 8.12. The molecule has 0 unspecified atom stereocenters. The molecule has 0 saturated carbocycles. The van der Waals surface area contributed by atoms with E-state index in [-0.39, 0.29) is 0 Å². The average molecular weight is 197 g/mol. The molecule has 0 spiro atoms. The van der Waals surface area contributed by atoms with Gasteiger partial charge < -0.3 is 10.4 Å². The highest BCUT2D eigenvalue weighted by Gasteiger charge is 2.02. The van der Waals surface area contributed by atoms with Gasteiger partial charge in [-0.3, -0.25) is 5.84 Å². The van der Waals surface area contributed by atoms with Gasteiger partial charge >= 0.3 is 0 Å². The van der Waals surface area contributed by atoms with Crippen LogP contribution in [-0.2, 0) is 0 Å². The number of anilines is 1. The second kappa shape index (κ2) is 3.00. The van der Waals surface area contributed by atoms with Crippen molar-refractivity contribution in [2.24, 2.45) is 5.84 Å². The molecule has 3 aromatic rings. The van der Waals surface area contributed by atoms with Crippen molar-refractivity contribution in [1.82, 2.24) is 4.98 Å². The summed E-state index contributed by atoms with van der Waals surface area (Å²) in [4.78, 5) is 3.36. The predicted molar refractivity (Wildman–Crippen MR) is 63.6 cm³/mol. The fourth-order valence-corrected chi connectivity index (χ4v) is 1.94. The van der Waals surface area contributed by atoms with Gasteiger partial charge in [-0.2, -0.15) is 0 Å². The summed E-state index contributed by atoms with van der Waals surface area (Å²) >= 11 is 0. The number of aromatic nitrogens is 1. The number of hydrogen-bond donors (Lipinski definition) is 3. The van der Waals surface area contributed by atoms with Gasteiger partial charge in [-0.25, -0.2) is 0 Å². The van der Waals surface area contributed by atoms with E-state index in [1.54, 1.807) is 0 Å². The minimum Gasteiger partial charge on any atom is -0.354 e. The van der Waals surface area contributed by atoms with Crippen LogP contribution in [0.25, 0.3) is 21.8 Å². The lowest BCUT2D eigenvalue weighted by Crippen LogP contribution is -2.05. The van der Waals surface area contributed by atoms with Crippen molar-refractivity contribution in [2.75, 3.05) is 5.43 Å². The lowest BCUT2D eigenvalue weighted by atomic mass is 10.1. The molecular formula is C12H11N3. The van der Waals surface area contributed by atoms with Crippen molar-refractivity contribution in [3.63, 3.8) is 0 Å². The van der Waals surface area contributed by atoms with Crippen molar-refractivity contribution in [3.8, 4) is 0 Å². The Labute approximate surface area is 86.9 Å². The minimum absolute atomic E-state index is 0.911. The van der Waals surface area contributed by atoms with Crippen molar-refractivity contribution in [2.45, 2.75) is 0 Å². The molecule has 2 aromatic carbocycles. The zero-order chi connectivity index (χ0) is 10.3. The standard InChI is InChI=1S/C12H11N3/c13-15-8-5-6-10-9-3-1-2-4-11(9)14-12(10)7-8/h1-7,14-15H,13H2. The van der Waals surface area contributed by atoms with Crippen LogP contribution < -0.4 is 11.3 Å². The van der Waals surface area contributed by atoms with Crippen LogP contribution >= 0.6 is 0 Å². The van der Waals surface area contributed by atoms with E-state index in [9.17, 15) is 0 Å². The van der Waals surface area contributed by atoms with E-state index < -0.39 is 0 Å². The van der Waals surface area contributed by atoms with Crippen molar-refractivity contribution >= 4 is 27.5 Å². The summed E-state index contributed by atoms with van der Waals surface area (Å²) in [6, 6.07) is 14.3. The minimum atomic E-state index is 0.911. The Bertz CT molecular complexity index is 625. The Hall–Kier alpha value is -2.00. The summed E-state index contributed by atoms with van der Waals surface area (Å²) in [5, 5.41) is 2.47. The molecule has 0 bridgehead atoms. The van der Waals surface area contributed by atoms with Crippen LogP contribution in [0.3, 0.4) is 0 Å². The maximum atomic E-state index is 5.37. The van der Waals surface area contributed by atoms with Gasteiger partial charge in [-0.15, -0.1) is 0 Å². The maximum absolute atomic E-state index is 5.37. The third-order valence-corrected chi connectivity index (χ3v) is 2.67. The summed E-state index contributed by atoms with van der Waals surface area (Å²) < 4.78 is 0. The van der Waals surface area contributed by atoms with Gasteiger partial charge in [0.2, 0.25) is 0 Å². The van der Waals surface area contributed by atoms with E-state index in [4.69, 9.17) is 5.84 Å². The van der Waals surface area contributed by atoms with E-state index in [2.05, 4.69) is 28.6 Å². The fourth-order valence-electron chi connectivity index (χ4n) is 1.94. The summed E-state index contributed by atoms with van der Waals surface area (Å²) in [5.74, 6) is 5.37. The number of aromatic amines is 1. The molecule has 1 heterocycles. The average Bonchev–Trinajstić information content (AvgIpc) is 2.66. The fraction of sp³-hybridized carbons (Fsp3) is 0. The van der Waals surface area contributed by atoms with Crippen molar-refractivity contribution in [1.29, 1.82) is 0 Å². The van der Waals surface area contributed by atoms with Crippen molar-refractivity contribution in [3.05, 3.63) is 42.5 Å². The van der Waals surface area contributed by atoms with Gasteiger partial charge in [0.05, 0.1) is 5.69 Å². The SMILES string of the molecule is NNc1ccc2c(c1)[nH]c1ccccc12. The first kappa shape index (κ1) is 8.32. The largest absolute Gasteiger partial charge is 0.354 e. The Morgan fingerprint density at radius 3 is 2.60 bits per heavy atom. The van der Waals surface area contributed by atoms with E-state index in [0.29, 0.717) is 0 Å². The number of rotatable bonds is 1. The van der Waals surface area contributed by atoms with E-state index >= 15 is 0 Å². The number of hydrazine groups is 1. The Kier molecular flexibility index (Phi) is 1.66. The summed E-state index contributed by atoms with van der Waals surface area (Å²) in [5.41, 5.74) is 5.81. The van der Waals surface area contributed by atoms with E-state index in [0.717, 1.165) is 16.7 Å². The first-order chi connectivity index (χ1) is 7.38. The Morgan fingerprint density at radius 1 is 0.933 bits per heavy atom. The van der Waals surface area contributed by atoms with E-state index in [1.165, 1.54) is 10.8 Å². The first-order valence-corrected chi connectivity index (χ1v) is 4.85. The number of nitrogens with one attached hydrogen (secondary N) is 2. The molecule has 3 nitrogen and oxygen atoms in total. The third kappa shape index (κ3) is 1.17. The van der Waals surface area contributed by atoms with Crippen LogP contribution in [0.2, 0.25) is 0 Å². The topological polar surface area (TPSA) is 53.8 Å². The molecule has 0 saturated heterocycles. The summed E-state index contributed by atoms with van der Waals surface area (Å²) in [7, 11) is 0. The molecule has 3 heteroatoms. The van der Waals surface area contributed by atoms with Crippen LogP contribution in [0.4, 0.5) is 5.69 Å². The summed E-state index contributed by atoms with van der Waals surface area (Å²) in [6.45, 7) is 0. The van der Waals surface area contributed by atoms with Gasteiger partial charge in [0.25, 0.3) is 0 Å².